The van der Waals surface area contributed by atoms with E-state index in [4.69, 9.17) is 9.15 Å². The van der Waals surface area contributed by atoms with Gasteiger partial charge in [0.25, 0.3) is 5.69 Å². The van der Waals surface area contributed by atoms with E-state index in [-0.39, 0.29) is 36.2 Å². The van der Waals surface area contributed by atoms with Crippen LogP contribution in [0.25, 0.3) is 11.1 Å². The van der Waals surface area contributed by atoms with Gasteiger partial charge in [-0.2, -0.15) is 0 Å². The standard InChI is InChI=1S/C22H24N4O6/c27-21(24(15-18-5-3-11-31-18)14-16-4-1-9-23-13-16)6-2-10-25-19-8-7-17(26(29)30)12-20(19)32-22(25)28/h1,4,7-9,12-13,18H,2-3,5-6,10-11,14-15H2. The fourth-order valence-corrected chi connectivity index (χ4v) is 3.93. The van der Waals surface area contributed by atoms with E-state index in [1.54, 1.807) is 17.3 Å². The summed E-state index contributed by atoms with van der Waals surface area (Å²) < 4.78 is 12.3. The van der Waals surface area contributed by atoms with E-state index in [0.717, 1.165) is 18.4 Å². The van der Waals surface area contributed by atoms with Crippen molar-refractivity contribution in [1.29, 1.82) is 0 Å². The molecule has 1 atom stereocenters. The molecule has 3 heterocycles. The maximum Gasteiger partial charge on any atom is 0.419 e. The molecule has 1 aromatic carbocycles. The molecule has 1 aliphatic rings. The Morgan fingerprint density at radius 3 is 2.94 bits per heavy atom. The van der Waals surface area contributed by atoms with E-state index in [1.807, 2.05) is 12.1 Å². The zero-order valence-electron chi connectivity index (χ0n) is 17.5. The normalized spacial score (nSPS) is 15.8. The maximum absolute atomic E-state index is 13.0. The number of hydrogen-bond donors (Lipinski definition) is 0. The van der Waals surface area contributed by atoms with Crippen molar-refractivity contribution in [3.8, 4) is 0 Å². The molecule has 0 aliphatic carbocycles. The molecular weight excluding hydrogens is 416 g/mol. The Labute approximate surface area is 183 Å². The summed E-state index contributed by atoms with van der Waals surface area (Å²) in [5.74, 6) is -0.625. The number of benzene rings is 1. The number of nitro benzene ring substituents is 1. The summed E-state index contributed by atoms with van der Waals surface area (Å²) in [5.41, 5.74) is 1.43. The lowest BCUT2D eigenvalue weighted by atomic mass is 10.2. The van der Waals surface area contributed by atoms with E-state index in [2.05, 4.69) is 4.98 Å². The number of rotatable bonds is 9. The van der Waals surface area contributed by atoms with Crippen LogP contribution in [0.5, 0.6) is 0 Å². The van der Waals surface area contributed by atoms with Gasteiger partial charge in [0.15, 0.2) is 5.58 Å². The molecule has 1 saturated heterocycles. The molecular formula is C22H24N4O6. The Bertz CT molecular complexity index is 1150. The molecule has 0 spiro atoms. The molecule has 0 N–H and O–H groups in total. The molecule has 0 radical (unpaired) electrons. The number of carbonyl (C=O) groups is 1. The second kappa shape index (κ2) is 9.73. The predicted octanol–water partition coefficient (Wildman–Crippen LogP) is 2.89. The molecule has 1 fully saturated rings. The lowest BCUT2D eigenvalue weighted by Crippen LogP contribution is -2.37. The molecule has 10 nitrogen and oxygen atoms in total. The smallest absolute Gasteiger partial charge is 0.407 e. The summed E-state index contributed by atoms with van der Waals surface area (Å²) in [6.45, 7) is 1.96. The Morgan fingerprint density at radius 2 is 2.22 bits per heavy atom. The largest absolute Gasteiger partial charge is 0.419 e. The summed E-state index contributed by atoms with van der Waals surface area (Å²) in [6.07, 6.45) is 6.07. The third kappa shape index (κ3) is 5.02. The van der Waals surface area contributed by atoms with Crippen LogP contribution in [0.4, 0.5) is 5.69 Å². The fourth-order valence-electron chi connectivity index (χ4n) is 3.93. The predicted molar refractivity (Wildman–Crippen MR) is 115 cm³/mol. The van der Waals surface area contributed by atoms with Gasteiger partial charge in [-0.25, -0.2) is 4.79 Å². The molecule has 168 valence electrons. The first-order valence-corrected chi connectivity index (χ1v) is 10.6. The van der Waals surface area contributed by atoms with E-state index in [0.29, 0.717) is 31.6 Å². The molecule has 1 unspecified atom stereocenters. The highest BCUT2D eigenvalue weighted by molar-refractivity contribution is 5.77. The van der Waals surface area contributed by atoms with E-state index < -0.39 is 10.7 Å². The molecule has 32 heavy (non-hydrogen) atoms. The van der Waals surface area contributed by atoms with Crippen LogP contribution in [0, 0.1) is 10.1 Å². The second-order valence-electron chi connectivity index (χ2n) is 7.80. The van der Waals surface area contributed by atoms with Crippen LogP contribution in [-0.2, 0) is 22.6 Å². The first-order valence-electron chi connectivity index (χ1n) is 10.6. The number of fused-ring (bicyclic) bond motifs is 1. The second-order valence-corrected chi connectivity index (χ2v) is 7.80. The van der Waals surface area contributed by atoms with Crippen LogP contribution in [0.3, 0.4) is 0 Å². The number of aryl methyl sites for hydroxylation is 1. The van der Waals surface area contributed by atoms with Gasteiger partial charge in [0.1, 0.15) is 0 Å². The number of non-ortho nitro benzene ring substituents is 1. The first-order chi connectivity index (χ1) is 15.5. The highest BCUT2D eigenvalue weighted by Gasteiger charge is 2.23. The van der Waals surface area contributed by atoms with Crippen molar-refractivity contribution in [2.45, 2.75) is 44.9 Å². The Kier molecular flexibility index (Phi) is 6.60. The summed E-state index contributed by atoms with van der Waals surface area (Å²) in [7, 11) is 0. The van der Waals surface area contributed by atoms with Crippen molar-refractivity contribution in [3.05, 3.63) is 69.0 Å². The fraction of sp³-hybridized carbons (Fsp3) is 0.409. The van der Waals surface area contributed by atoms with Gasteiger partial charge in [-0.1, -0.05) is 6.07 Å². The van der Waals surface area contributed by atoms with Crippen LogP contribution in [0.15, 0.2) is 51.9 Å². The van der Waals surface area contributed by atoms with E-state index in [9.17, 15) is 19.7 Å². The van der Waals surface area contributed by atoms with Gasteiger partial charge in [-0.05, 0) is 37.0 Å². The lowest BCUT2D eigenvalue weighted by Gasteiger charge is -2.25. The van der Waals surface area contributed by atoms with Crippen molar-refractivity contribution in [2.24, 2.45) is 0 Å². The minimum absolute atomic E-state index is 0.0270. The first kappa shape index (κ1) is 21.7. The van der Waals surface area contributed by atoms with E-state index >= 15 is 0 Å². The Hall–Kier alpha value is -3.53. The van der Waals surface area contributed by atoms with Crippen LogP contribution in [-0.4, -0.2) is 44.5 Å². The average Bonchev–Trinajstić information content (AvgIpc) is 3.41. The van der Waals surface area contributed by atoms with Gasteiger partial charge in [0.2, 0.25) is 5.91 Å². The molecule has 0 saturated carbocycles. The van der Waals surface area contributed by atoms with Gasteiger partial charge in [-0.15, -0.1) is 0 Å². The number of nitro groups is 1. The monoisotopic (exact) mass is 440 g/mol. The zero-order chi connectivity index (χ0) is 22.5. The topological polar surface area (TPSA) is 121 Å². The SMILES string of the molecule is O=C(CCCn1c(=O)oc2cc([N+](=O)[O-])ccc21)N(Cc1cccnc1)CC1CCCO1. The van der Waals surface area contributed by atoms with Crippen molar-refractivity contribution < 1.29 is 18.9 Å². The zero-order valence-corrected chi connectivity index (χ0v) is 17.5. The molecule has 10 heteroatoms. The van der Waals surface area contributed by atoms with Gasteiger partial charge < -0.3 is 14.1 Å². The van der Waals surface area contributed by atoms with Crippen LogP contribution < -0.4 is 5.76 Å². The highest BCUT2D eigenvalue weighted by Crippen LogP contribution is 2.21. The highest BCUT2D eigenvalue weighted by atomic mass is 16.6. The Morgan fingerprint density at radius 1 is 1.34 bits per heavy atom. The number of nitrogens with zero attached hydrogens (tertiary/aromatic N) is 4. The average molecular weight is 440 g/mol. The molecule has 3 aromatic rings. The number of ether oxygens (including phenoxy) is 1. The minimum atomic E-state index is -0.598. The number of aromatic nitrogens is 2. The number of hydrogen-bond acceptors (Lipinski definition) is 7. The molecule has 4 rings (SSSR count). The van der Waals surface area contributed by atoms with Crippen LogP contribution >= 0.6 is 0 Å². The molecule has 0 bridgehead atoms. The van der Waals surface area contributed by atoms with Crippen LogP contribution in [0.2, 0.25) is 0 Å². The number of carbonyl (C=O) groups excluding carboxylic acids is 1. The van der Waals surface area contributed by atoms with Gasteiger partial charge in [0.05, 0.1) is 22.6 Å². The van der Waals surface area contributed by atoms with Gasteiger partial charge in [-0.3, -0.25) is 24.5 Å². The third-order valence-corrected chi connectivity index (χ3v) is 5.53. The summed E-state index contributed by atoms with van der Waals surface area (Å²) >= 11 is 0. The summed E-state index contributed by atoms with van der Waals surface area (Å²) in [4.78, 5) is 41.5. The quantitative estimate of drug-likeness (QED) is 0.370. The van der Waals surface area contributed by atoms with Crippen molar-refractivity contribution >= 4 is 22.7 Å². The number of oxazole rings is 1. The third-order valence-electron chi connectivity index (χ3n) is 5.53. The van der Waals surface area contributed by atoms with Crippen molar-refractivity contribution in [1.82, 2.24) is 14.5 Å². The summed E-state index contributed by atoms with van der Waals surface area (Å²) in [5, 5.41) is 10.9. The van der Waals surface area contributed by atoms with Gasteiger partial charge in [0, 0.05) is 51.1 Å². The minimum Gasteiger partial charge on any atom is -0.407 e. The molecule has 1 aliphatic heterocycles. The molecule has 1 amide bonds. The summed E-state index contributed by atoms with van der Waals surface area (Å²) in [6, 6.07) is 7.82. The number of pyridine rings is 1. The van der Waals surface area contributed by atoms with Crippen molar-refractivity contribution in [2.75, 3.05) is 13.2 Å². The Balaban J connectivity index is 1.42. The maximum atomic E-state index is 13.0. The molecule has 2 aromatic heterocycles. The van der Waals surface area contributed by atoms with Gasteiger partial charge >= 0.3 is 5.76 Å². The van der Waals surface area contributed by atoms with E-state index in [1.165, 1.54) is 22.8 Å². The number of amides is 1. The van der Waals surface area contributed by atoms with Crippen molar-refractivity contribution in [3.63, 3.8) is 0 Å². The van der Waals surface area contributed by atoms with Crippen LogP contribution in [0.1, 0.15) is 31.2 Å². The lowest BCUT2D eigenvalue weighted by molar-refractivity contribution is -0.384.